The molecule has 160 valence electrons. The van der Waals surface area contributed by atoms with Crippen molar-refractivity contribution in [3.05, 3.63) is 126 Å². The Balaban J connectivity index is 0.000000215. The first-order chi connectivity index (χ1) is 14.6. The molecule has 4 aromatic rings. The van der Waals surface area contributed by atoms with Gasteiger partial charge < -0.3 is 24.8 Å². The van der Waals surface area contributed by atoms with E-state index in [9.17, 15) is 0 Å². The second-order valence-electron chi connectivity index (χ2n) is 7.72. The van der Waals surface area contributed by atoms with Gasteiger partial charge in [-0.05, 0) is 6.92 Å². The quantitative estimate of drug-likeness (QED) is 0.243. The van der Waals surface area contributed by atoms with Crippen LogP contribution >= 0.6 is 0 Å². The second kappa shape index (κ2) is 12.6. The molecular weight excluding hydrogens is 527 g/mol. The number of aryl methyl sites for hydroxylation is 2. The zero-order valence-corrected chi connectivity index (χ0v) is 23.2. The van der Waals surface area contributed by atoms with Gasteiger partial charge in [-0.15, -0.1) is 34.0 Å². The maximum absolute atomic E-state index is 2.34. The van der Waals surface area contributed by atoms with Crippen LogP contribution in [0.15, 0.2) is 109 Å². The van der Waals surface area contributed by atoms with Gasteiger partial charge >= 0.3 is 99.8 Å². The third-order valence-corrected chi connectivity index (χ3v) is 11.7. The summed E-state index contributed by atoms with van der Waals surface area (Å²) in [5, 5.41) is 5.84. The molecule has 5 rings (SSSR count). The molecule has 1 aliphatic rings. The molecule has 0 saturated carbocycles. The van der Waals surface area contributed by atoms with E-state index < -0.39 is 5.43 Å². The zero-order chi connectivity index (χ0) is 20.9. The van der Waals surface area contributed by atoms with E-state index in [1.807, 2.05) is 0 Å². The van der Waals surface area contributed by atoms with E-state index in [2.05, 4.69) is 123 Å². The molecule has 0 nitrogen and oxygen atoms in total. The standard InChI is InChI=1S/C16H15.C12H10Si.2ClH.Zr/c1-11-7-8-12(2)16-10-14(9-15(11)16)13-5-3-4-6-13;1-3-7-11(8-4-1)13-12-9-5-2-6-10-12;;;/h3-10,13H,1-2H3;1-10H;2*1H;/q-1;;;;+2/p-2. The van der Waals surface area contributed by atoms with E-state index in [0.29, 0.717) is 5.92 Å². The Morgan fingerprint density at radius 1 is 0.719 bits per heavy atom. The molecule has 0 aliphatic heterocycles. The van der Waals surface area contributed by atoms with Gasteiger partial charge in [-0.1, -0.05) is 42.9 Å². The Kier molecular flexibility index (Phi) is 10.5. The fourth-order valence-corrected chi connectivity index (χ4v) is 7.68. The van der Waals surface area contributed by atoms with Gasteiger partial charge in [0.1, 0.15) is 0 Å². The van der Waals surface area contributed by atoms with Crippen molar-refractivity contribution in [1.82, 2.24) is 0 Å². The number of benzene rings is 3. The number of allylic oxidation sites excluding steroid dienone is 4. The van der Waals surface area contributed by atoms with Gasteiger partial charge in [0.2, 0.25) is 0 Å². The fourth-order valence-electron chi connectivity index (χ4n) is 3.84. The van der Waals surface area contributed by atoms with Gasteiger partial charge in [0.05, 0.1) is 0 Å². The van der Waals surface area contributed by atoms with Crippen molar-refractivity contribution >= 4 is 26.6 Å². The van der Waals surface area contributed by atoms with Gasteiger partial charge in [0.25, 0.3) is 0 Å². The predicted octanol–water partition coefficient (Wildman–Crippen LogP) is -0.268. The van der Waals surface area contributed by atoms with E-state index >= 15 is 0 Å². The molecule has 32 heavy (non-hydrogen) atoms. The summed E-state index contributed by atoms with van der Waals surface area (Å²) in [6.07, 6.45) is 8.75. The number of hydrogen-bond donors (Lipinski definition) is 0. The molecule has 0 aromatic heterocycles. The summed E-state index contributed by atoms with van der Waals surface area (Å²) in [6, 6.07) is 30.8. The van der Waals surface area contributed by atoms with Crippen LogP contribution in [0.5, 0.6) is 0 Å². The van der Waals surface area contributed by atoms with Crippen molar-refractivity contribution in [2.75, 3.05) is 0 Å². The number of fused-ring (bicyclic) bond motifs is 1. The Morgan fingerprint density at radius 2 is 1.22 bits per heavy atom. The average molecular weight is 552 g/mol. The van der Waals surface area contributed by atoms with Crippen molar-refractivity contribution in [2.24, 2.45) is 0 Å². The molecule has 0 radical (unpaired) electrons. The van der Waals surface area contributed by atoms with Crippen LogP contribution in [0.4, 0.5) is 0 Å². The molecule has 0 spiro atoms. The monoisotopic (exact) mass is 549 g/mol. The van der Waals surface area contributed by atoms with Gasteiger partial charge in [-0.2, -0.15) is 6.07 Å². The summed E-state index contributed by atoms with van der Waals surface area (Å²) in [5.74, 6) is 0.478. The molecule has 0 heterocycles. The Bertz CT molecular complexity index is 1130. The van der Waals surface area contributed by atoms with Crippen LogP contribution in [0, 0.1) is 13.8 Å². The van der Waals surface area contributed by atoms with Gasteiger partial charge in [0, 0.05) is 5.92 Å². The average Bonchev–Trinajstić information content (AvgIpc) is 3.48. The topological polar surface area (TPSA) is 0 Å². The van der Waals surface area contributed by atoms with E-state index in [1.54, 1.807) is 23.3 Å². The fraction of sp³-hybridized carbons (Fsp3) is 0.107. The van der Waals surface area contributed by atoms with Crippen LogP contribution in [-0.2, 0) is 23.3 Å². The normalized spacial score (nSPS) is 12.0. The minimum absolute atomic E-state index is 0. The molecule has 0 atom stereocenters. The third kappa shape index (κ3) is 6.27. The SMILES string of the molecule is Cc1ccc(C)c2[cH-]c(C3C=CC=C3)cc12.[Cl-].[Cl-].[Zr+2]=[Si](c1ccccc1)c1ccccc1. The van der Waals surface area contributed by atoms with Crippen molar-refractivity contribution in [1.29, 1.82) is 0 Å². The third-order valence-electron chi connectivity index (χ3n) is 5.60. The first-order valence-corrected chi connectivity index (χ1v) is 15.5. The van der Waals surface area contributed by atoms with Crippen LogP contribution in [-0.4, -0.2) is 5.43 Å². The number of hydrogen-bond acceptors (Lipinski definition) is 0. The zero-order valence-electron chi connectivity index (χ0n) is 18.2. The minimum atomic E-state index is -0.455. The summed E-state index contributed by atoms with van der Waals surface area (Å²) in [4.78, 5) is 0. The Hall–Kier alpha value is -1.57. The molecule has 0 fully saturated rings. The van der Waals surface area contributed by atoms with Gasteiger partial charge in [-0.25, -0.2) is 0 Å². The van der Waals surface area contributed by atoms with Crippen molar-refractivity contribution in [2.45, 2.75) is 19.8 Å². The number of rotatable bonds is 3. The summed E-state index contributed by atoms with van der Waals surface area (Å²) in [7, 11) is 0. The maximum atomic E-state index is 2.34. The first-order valence-electron chi connectivity index (χ1n) is 10.3. The summed E-state index contributed by atoms with van der Waals surface area (Å²) < 4.78 is 0. The van der Waals surface area contributed by atoms with Crippen molar-refractivity contribution < 1.29 is 48.1 Å². The second-order valence-corrected chi connectivity index (χ2v) is 13.3. The first kappa shape index (κ1) is 26.7. The van der Waals surface area contributed by atoms with E-state index in [1.165, 1.54) is 37.8 Å². The van der Waals surface area contributed by atoms with Gasteiger partial charge in [-0.3, -0.25) is 0 Å². The van der Waals surface area contributed by atoms with E-state index in [-0.39, 0.29) is 24.8 Å². The Morgan fingerprint density at radius 3 is 1.72 bits per heavy atom. The van der Waals surface area contributed by atoms with E-state index in [4.69, 9.17) is 0 Å². The van der Waals surface area contributed by atoms with Crippen molar-refractivity contribution in [3.8, 4) is 0 Å². The molecular formula is C28H25Cl2SiZr-. The summed E-state index contributed by atoms with van der Waals surface area (Å²) in [5.41, 5.74) is 3.71. The predicted molar refractivity (Wildman–Crippen MR) is 128 cm³/mol. The van der Waals surface area contributed by atoms with Crippen LogP contribution in [0.25, 0.3) is 10.8 Å². The van der Waals surface area contributed by atoms with Crippen LogP contribution in [0.1, 0.15) is 22.6 Å². The van der Waals surface area contributed by atoms with Crippen molar-refractivity contribution in [3.63, 3.8) is 0 Å². The molecule has 0 saturated heterocycles. The molecule has 0 unspecified atom stereocenters. The van der Waals surface area contributed by atoms with Crippen LogP contribution in [0.3, 0.4) is 0 Å². The molecule has 1 aliphatic carbocycles. The van der Waals surface area contributed by atoms with Crippen LogP contribution in [0.2, 0.25) is 0 Å². The molecule has 0 amide bonds. The Labute approximate surface area is 219 Å². The van der Waals surface area contributed by atoms with E-state index in [0.717, 1.165) is 0 Å². The molecule has 4 heteroatoms. The summed E-state index contributed by atoms with van der Waals surface area (Å²) >= 11 is 1.64. The van der Waals surface area contributed by atoms with Gasteiger partial charge in [0.15, 0.2) is 0 Å². The van der Waals surface area contributed by atoms with Crippen LogP contribution < -0.4 is 35.2 Å². The number of halogens is 2. The molecule has 0 N–H and O–H groups in total. The molecule has 4 aromatic carbocycles. The summed E-state index contributed by atoms with van der Waals surface area (Å²) in [6.45, 7) is 4.37. The molecule has 0 bridgehead atoms.